The Hall–Kier alpha value is -2.48. The third-order valence-electron chi connectivity index (χ3n) is 5.33. The first kappa shape index (κ1) is 20.8. The van der Waals surface area contributed by atoms with E-state index in [0.717, 1.165) is 12.2 Å². The van der Waals surface area contributed by atoms with Crippen LogP contribution >= 0.6 is 0 Å². The van der Waals surface area contributed by atoms with Gasteiger partial charge in [-0.1, -0.05) is 0 Å². The normalized spacial score (nSPS) is 13.1. The molecule has 0 saturated heterocycles. The van der Waals surface area contributed by atoms with Crippen LogP contribution in [0.5, 0.6) is 5.75 Å². The van der Waals surface area contributed by atoms with Gasteiger partial charge in [-0.2, -0.15) is 0 Å². The Morgan fingerprint density at radius 1 is 0.800 bits per heavy atom. The van der Waals surface area contributed by atoms with E-state index in [2.05, 4.69) is 124 Å². The molecule has 0 spiro atoms. The predicted molar refractivity (Wildman–Crippen MR) is 124 cm³/mol. The second kappa shape index (κ2) is 9.12. The van der Waals surface area contributed by atoms with E-state index in [4.69, 9.17) is 3.32 Å². The van der Waals surface area contributed by atoms with Gasteiger partial charge in [0.2, 0.25) is 0 Å². The molecule has 30 heavy (non-hydrogen) atoms. The Morgan fingerprint density at radius 3 is 1.97 bits per heavy atom. The van der Waals surface area contributed by atoms with E-state index in [1.165, 1.54) is 24.4 Å². The minimum atomic E-state index is -2.30. The predicted octanol–water partition coefficient (Wildman–Crippen LogP) is 7.01. The van der Waals surface area contributed by atoms with Crippen LogP contribution in [0.3, 0.4) is 0 Å². The first-order chi connectivity index (χ1) is 14.5. The molecule has 0 N–H and O–H groups in total. The van der Waals surface area contributed by atoms with Gasteiger partial charge in [0.05, 0.1) is 0 Å². The van der Waals surface area contributed by atoms with Crippen molar-refractivity contribution in [3.63, 3.8) is 0 Å². The molecule has 3 aromatic rings. The van der Waals surface area contributed by atoms with Crippen LogP contribution in [0.1, 0.15) is 43.9 Å². The van der Waals surface area contributed by atoms with Gasteiger partial charge >= 0.3 is 187 Å². The molecule has 0 amide bonds. The van der Waals surface area contributed by atoms with Crippen LogP contribution in [0.2, 0.25) is 0 Å². The standard InChI is InChI=1S/C13H10.C10H14O.C5H5.Ti/c1-3-7-12(8-4-1)11-13-9-5-2-6-10-13;1-10(2,3)8-5-4-6-9(11)7-8;1-2-4-5-3-1;/h1-10H;4-7,11H,1-3H3;1-3H,4H2;/q;;;+1/p-1. The van der Waals surface area contributed by atoms with Crippen molar-refractivity contribution in [1.82, 2.24) is 0 Å². The van der Waals surface area contributed by atoms with Crippen LogP contribution in [0, 0.1) is 0 Å². The molecule has 1 aliphatic rings. The van der Waals surface area contributed by atoms with Gasteiger partial charge in [-0.05, 0) is 0 Å². The van der Waals surface area contributed by atoms with Gasteiger partial charge in [-0.25, -0.2) is 0 Å². The minimum absolute atomic E-state index is 0.0963. The van der Waals surface area contributed by atoms with E-state index in [1.807, 2.05) is 0 Å². The zero-order valence-corrected chi connectivity index (χ0v) is 19.5. The summed E-state index contributed by atoms with van der Waals surface area (Å²) < 4.78 is 9.74. The first-order valence-electron chi connectivity index (χ1n) is 10.5. The van der Waals surface area contributed by atoms with Crippen molar-refractivity contribution in [3.05, 3.63) is 124 Å². The Bertz CT molecular complexity index is 1060. The maximum atomic E-state index is 6.93. The molecule has 2 heteroatoms. The van der Waals surface area contributed by atoms with Crippen molar-refractivity contribution in [2.75, 3.05) is 0 Å². The van der Waals surface area contributed by atoms with Crippen molar-refractivity contribution < 1.29 is 21.1 Å². The first-order valence-corrected chi connectivity index (χ1v) is 12.7. The quantitative estimate of drug-likeness (QED) is 0.397. The third kappa shape index (κ3) is 4.80. The molecule has 150 valence electrons. The van der Waals surface area contributed by atoms with Crippen molar-refractivity contribution in [2.24, 2.45) is 0 Å². The Kier molecular flexibility index (Phi) is 6.32. The molecule has 4 rings (SSSR count). The van der Waals surface area contributed by atoms with Crippen molar-refractivity contribution in [3.8, 4) is 5.75 Å². The molecular weight excluding hydrogens is 400 g/mol. The van der Waals surface area contributed by atoms with Gasteiger partial charge in [-0.15, -0.1) is 0 Å². The summed E-state index contributed by atoms with van der Waals surface area (Å²) >= 11 is -2.30. The number of hydrogen-bond donors (Lipinski definition) is 0. The van der Waals surface area contributed by atoms with E-state index in [-0.39, 0.29) is 5.41 Å². The van der Waals surface area contributed by atoms with Gasteiger partial charge in [0.1, 0.15) is 0 Å². The Morgan fingerprint density at radius 2 is 1.43 bits per heavy atom. The van der Waals surface area contributed by atoms with Gasteiger partial charge in [-0.3, -0.25) is 0 Å². The Labute approximate surface area is 186 Å². The summed E-state index contributed by atoms with van der Waals surface area (Å²) in [5, 5.41) is 0. The summed E-state index contributed by atoms with van der Waals surface area (Å²) in [5.74, 6) is 0.981. The molecule has 0 bridgehead atoms. The van der Waals surface area contributed by atoms with Crippen LogP contribution in [0.4, 0.5) is 0 Å². The number of allylic oxidation sites excluding steroid dienone is 4. The average molecular weight is 428 g/mol. The topological polar surface area (TPSA) is 9.23 Å². The summed E-state index contributed by atoms with van der Waals surface area (Å²) in [5.41, 5.74) is 3.92. The molecule has 0 aromatic heterocycles. The van der Waals surface area contributed by atoms with E-state index in [1.54, 1.807) is 0 Å². The van der Waals surface area contributed by atoms with E-state index < -0.39 is 17.8 Å². The van der Waals surface area contributed by atoms with E-state index in [0.29, 0.717) is 0 Å². The van der Waals surface area contributed by atoms with Crippen molar-refractivity contribution in [1.29, 1.82) is 0 Å². The molecule has 0 aliphatic heterocycles. The molecule has 0 radical (unpaired) electrons. The van der Waals surface area contributed by atoms with Crippen LogP contribution in [-0.2, 0) is 23.2 Å². The molecule has 0 heterocycles. The number of rotatable bonds is 5. The SMILES string of the molecule is CC(C)(C)c1cccc([O][Ti]([C]2=CC=CC2)=[C](c2ccccc2)c2ccccc2)c1. The van der Waals surface area contributed by atoms with Gasteiger partial charge < -0.3 is 0 Å². The molecule has 0 unspecified atom stereocenters. The summed E-state index contributed by atoms with van der Waals surface area (Å²) in [7, 11) is 0. The summed E-state index contributed by atoms with van der Waals surface area (Å²) in [6, 6.07) is 30.2. The monoisotopic (exact) mass is 428 g/mol. The van der Waals surface area contributed by atoms with Crippen LogP contribution in [0.15, 0.2) is 107 Å². The fraction of sp³-hybridized carbons (Fsp3) is 0.179. The Balaban J connectivity index is 1.89. The van der Waals surface area contributed by atoms with Crippen molar-refractivity contribution >= 4 is 3.81 Å². The maximum absolute atomic E-state index is 6.93. The molecule has 0 fully saturated rings. The molecule has 0 atom stereocenters. The van der Waals surface area contributed by atoms with Gasteiger partial charge in [0.25, 0.3) is 0 Å². The summed E-state index contributed by atoms with van der Waals surface area (Å²) in [4.78, 5) is 0. The van der Waals surface area contributed by atoms with Gasteiger partial charge in [0, 0.05) is 0 Å². The molecule has 3 aromatic carbocycles. The number of hydrogen-bond acceptors (Lipinski definition) is 1. The van der Waals surface area contributed by atoms with Crippen LogP contribution in [0.25, 0.3) is 0 Å². The molecule has 1 nitrogen and oxygen atoms in total. The van der Waals surface area contributed by atoms with Crippen molar-refractivity contribution in [2.45, 2.75) is 32.6 Å². The zero-order valence-electron chi connectivity index (χ0n) is 17.9. The summed E-state index contributed by atoms with van der Waals surface area (Å²) in [6.45, 7) is 6.74. The fourth-order valence-electron chi connectivity index (χ4n) is 3.68. The van der Waals surface area contributed by atoms with Crippen LogP contribution < -0.4 is 3.32 Å². The average Bonchev–Trinajstić information content (AvgIpc) is 3.29. The second-order valence-corrected chi connectivity index (χ2v) is 11.8. The molecular formula is C28H28OTi. The summed E-state index contributed by atoms with van der Waals surface area (Å²) in [6.07, 6.45) is 7.67. The third-order valence-corrected chi connectivity index (χ3v) is 9.12. The van der Waals surface area contributed by atoms with E-state index in [9.17, 15) is 0 Å². The van der Waals surface area contributed by atoms with E-state index >= 15 is 0 Å². The van der Waals surface area contributed by atoms with Gasteiger partial charge in [0.15, 0.2) is 0 Å². The van der Waals surface area contributed by atoms with Crippen LogP contribution in [-0.4, -0.2) is 3.81 Å². The number of benzene rings is 3. The zero-order chi connectivity index (χ0) is 21.0. The molecule has 1 aliphatic carbocycles. The molecule has 0 saturated carbocycles. The fourth-order valence-corrected chi connectivity index (χ4v) is 7.31. The second-order valence-electron chi connectivity index (χ2n) is 8.64.